The van der Waals surface area contributed by atoms with Crippen molar-refractivity contribution in [1.29, 1.82) is 0 Å². The van der Waals surface area contributed by atoms with E-state index in [-0.39, 0.29) is 5.91 Å². The summed E-state index contributed by atoms with van der Waals surface area (Å²) >= 11 is 1.43. The van der Waals surface area contributed by atoms with Crippen LogP contribution < -0.4 is 5.32 Å². The van der Waals surface area contributed by atoms with Gasteiger partial charge in [0.1, 0.15) is 11.0 Å². The minimum Gasteiger partial charge on any atom is -0.302 e. The summed E-state index contributed by atoms with van der Waals surface area (Å²) in [4.78, 5) is 16.2. The van der Waals surface area contributed by atoms with E-state index in [1.54, 1.807) is 6.20 Å². The molecule has 0 aliphatic heterocycles. The number of nitrogens with one attached hydrogen (secondary N) is 1. The number of carbonyl (C=O) groups excluding carboxylic acids is 1. The van der Waals surface area contributed by atoms with Gasteiger partial charge >= 0.3 is 0 Å². The summed E-state index contributed by atoms with van der Waals surface area (Å²) in [6, 6.07) is 0. The predicted molar refractivity (Wildman–Crippen MR) is 86.0 cm³/mol. The van der Waals surface area contributed by atoms with Crippen molar-refractivity contribution in [2.45, 2.75) is 40.3 Å². The van der Waals surface area contributed by atoms with Gasteiger partial charge in [-0.1, -0.05) is 0 Å². The van der Waals surface area contributed by atoms with Crippen molar-refractivity contribution in [2.75, 3.05) is 5.32 Å². The smallest absolute Gasteiger partial charge is 0.228 e. The number of hydrogen-bond acceptors (Lipinski definition) is 5. The van der Waals surface area contributed by atoms with E-state index >= 15 is 0 Å². The lowest BCUT2D eigenvalue weighted by Crippen LogP contribution is -2.15. The molecule has 0 unspecified atom stereocenters. The zero-order chi connectivity index (χ0) is 15.7. The molecule has 7 nitrogen and oxygen atoms in total. The van der Waals surface area contributed by atoms with Crippen LogP contribution in [0.2, 0.25) is 0 Å². The number of hydrogen-bond donors (Lipinski definition) is 1. The highest BCUT2D eigenvalue weighted by Gasteiger charge is 2.13. The number of thiazole rings is 1. The molecule has 0 aliphatic rings. The van der Waals surface area contributed by atoms with Gasteiger partial charge in [-0.2, -0.15) is 10.2 Å². The van der Waals surface area contributed by atoms with E-state index < -0.39 is 0 Å². The first-order chi connectivity index (χ1) is 10.6. The Kier molecular flexibility index (Phi) is 3.93. The highest BCUT2D eigenvalue weighted by Crippen LogP contribution is 2.18. The van der Waals surface area contributed by atoms with Crippen molar-refractivity contribution in [3.05, 3.63) is 23.0 Å². The number of rotatable bonds is 5. The van der Waals surface area contributed by atoms with Gasteiger partial charge in [0.05, 0.1) is 24.1 Å². The van der Waals surface area contributed by atoms with E-state index in [9.17, 15) is 4.79 Å². The molecular weight excluding hydrogens is 300 g/mol. The second-order valence-electron chi connectivity index (χ2n) is 5.09. The van der Waals surface area contributed by atoms with Crippen LogP contribution in [0, 0.1) is 13.8 Å². The van der Waals surface area contributed by atoms with Crippen LogP contribution in [0.1, 0.15) is 24.7 Å². The third-order valence-electron chi connectivity index (χ3n) is 3.43. The fraction of sp³-hybridized carbons (Fsp3) is 0.429. The maximum absolute atomic E-state index is 12.0. The first kappa shape index (κ1) is 14.7. The highest BCUT2D eigenvalue weighted by molar-refractivity contribution is 7.13. The van der Waals surface area contributed by atoms with Crippen LogP contribution >= 0.6 is 11.3 Å². The summed E-state index contributed by atoms with van der Waals surface area (Å²) < 4.78 is 3.77. The maximum atomic E-state index is 12.0. The quantitative estimate of drug-likeness (QED) is 0.783. The third-order valence-corrected chi connectivity index (χ3v) is 4.30. The summed E-state index contributed by atoms with van der Waals surface area (Å²) in [5.74, 6) is -0.0569. The Morgan fingerprint density at radius 1 is 1.36 bits per heavy atom. The Morgan fingerprint density at radius 2 is 2.18 bits per heavy atom. The van der Waals surface area contributed by atoms with Crippen LogP contribution in [-0.2, 0) is 17.9 Å². The fourth-order valence-corrected chi connectivity index (χ4v) is 3.13. The lowest BCUT2D eigenvalue weighted by Gasteiger charge is -2.03. The van der Waals surface area contributed by atoms with Crippen LogP contribution in [0.3, 0.4) is 0 Å². The number of carbonyl (C=O) groups is 1. The summed E-state index contributed by atoms with van der Waals surface area (Å²) in [5, 5.41) is 14.2. The molecule has 0 aromatic carbocycles. The second-order valence-corrected chi connectivity index (χ2v) is 5.95. The molecule has 22 heavy (non-hydrogen) atoms. The predicted octanol–water partition coefficient (Wildman–Crippen LogP) is 2.35. The zero-order valence-corrected chi connectivity index (χ0v) is 13.6. The van der Waals surface area contributed by atoms with E-state index in [1.165, 1.54) is 11.3 Å². The standard InChI is InChI=1S/C14H18N6OS/c1-4-19-11-7-15-20(13(11)10(3)18-19)6-5-12(21)17-14-16-9(2)8-22-14/h7-8H,4-6H2,1-3H3,(H,16,17,21). The molecule has 3 aromatic rings. The normalized spacial score (nSPS) is 11.2. The minimum atomic E-state index is -0.0569. The Labute approximate surface area is 132 Å². The van der Waals surface area contributed by atoms with Crippen LogP contribution in [-0.4, -0.2) is 30.5 Å². The van der Waals surface area contributed by atoms with E-state index in [0.29, 0.717) is 18.1 Å². The number of anilines is 1. The van der Waals surface area contributed by atoms with Crippen molar-refractivity contribution in [2.24, 2.45) is 0 Å². The molecule has 3 rings (SSSR count). The lowest BCUT2D eigenvalue weighted by atomic mass is 10.3. The average molecular weight is 318 g/mol. The molecule has 0 spiro atoms. The van der Waals surface area contributed by atoms with Crippen LogP contribution in [0.4, 0.5) is 5.13 Å². The monoisotopic (exact) mass is 318 g/mol. The molecule has 116 valence electrons. The Bertz CT molecular complexity index is 815. The Hall–Kier alpha value is -2.22. The number of aromatic nitrogens is 5. The van der Waals surface area contributed by atoms with Gasteiger partial charge in [-0.05, 0) is 20.8 Å². The van der Waals surface area contributed by atoms with Crippen LogP contribution in [0.25, 0.3) is 11.0 Å². The van der Waals surface area contributed by atoms with Crippen molar-refractivity contribution < 1.29 is 4.79 Å². The second kappa shape index (κ2) is 5.88. The van der Waals surface area contributed by atoms with Crippen LogP contribution in [0.15, 0.2) is 11.6 Å². The highest BCUT2D eigenvalue weighted by atomic mass is 32.1. The number of fused-ring (bicyclic) bond motifs is 1. The topological polar surface area (TPSA) is 77.6 Å². The molecule has 0 fully saturated rings. The first-order valence-corrected chi connectivity index (χ1v) is 8.07. The lowest BCUT2D eigenvalue weighted by molar-refractivity contribution is -0.116. The molecule has 1 N–H and O–H groups in total. The molecule has 0 saturated heterocycles. The SMILES string of the molecule is CCn1nc(C)c2c1cnn2CCC(=O)Nc1nc(C)cs1. The van der Waals surface area contributed by atoms with Crippen molar-refractivity contribution in [3.8, 4) is 0 Å². The maximum Gasteiger partial charge on any atom is 0.228 e. The van der Waals surface area contributed by atoms with E-state index in [0.717, 1.165) is 29.0 Å². The molecule has 3 heterocycles. The van der Waals surface area contributed by atoms with Gasteiger partial charge in [0, 0.05) is 18.3 Å². The largest absolute Gasteiger partial charge is 0.302 e. The average Bonchev–Trinajstić information content (AvgIpc) is 3.15. The summed E-state index contributed by atoms with van der Waals surface area (Å²) in [6.45, 7) is 7.24. The molecule has 1 amide bonds. The van der Waals surface area contributed by atoms with Crippen molar-refractivity contribution in [3.63, 3.8) is 0 Å². The summed E-state index contributed by atoms with van der Waals surface area (Å²) in [7, 11) is 0. The van der Waals surface area contributed by atoms with E-state index in [4.69, 9.17) is 0 Å². The Balaban J connectivity index is 1.69. The Morgan fingerprint density at radius 3 is 2.86 bits per heavy atom. The van der Waals surface area contributed by atoms with Gasteiger partial charge < -0.3 is 5.32 Å². The molecule has 0 bridgehead atoms. The van der Waals surface area contributed by atoms with Crippen LogP contribution in [0.5, 0.6) is 0 Å². The van der Waals surface area contributed by atoms with E-state index in [2.05, 4.69) is 20.5 Å². The number of amides is 1. The van der Waals surface area contributed by atoms with Crippen molar-refractivity contribution in [1.82, 2.24) is 24.5 Å². The fourth-order valence-electron chi connectivity index (χ4n) is 2.43. The van der Waals surface area contributed by atoms with Gasteiger partial charge in [-0.25, -0.2) is 4.98 Å². The van der Waals surface area contributed by atoms with Crippen molar-refractivity contribution >= 4 is 33.4 Å². The van der Waals surface area contributed by atoms with E-state index in [1.807, 2.05) is 35.5 Å². The zero-order valence-electron chi connectivity index (χ0n) is 12.8. The summed E-state index contributed by atoms with van der Waals surface area (Å²) in [5.41, 5.74) is 3.86. The summed E-state index contributed by atoms with van der Waals surface area (Å²) in [6.07, 6.45) is 2.16. The number of nitrogens with zero attached hydrogens (tertiary/aromatic N) is 5. The molecule has 0 saturated carbocycles. The molecule has 8 heteroatoms. The molecule has 0 atom stereocenters. The number of aryl methyl sites for hydroxylation is 4. The molecule has 0 radical (unpaired) electrons. The van der Waals surface area contributed by atoms with Gasteiger partial charge in [0.15, 0.2) is 5.13 Å². The minimum absolute atomic E-state index is 0.0569. The third kappa shape index (κ3) is 2.74. The molecule has 0 aliphatic carbocycles. The van der Waals surface area contributed by atoms with Gasteiger partial charge in [-0.15, -0.1) is 11.3 Å². The molecule has 3 aromatic heterocycles. The van der Waals surface area contributed by atoms with Gasteiger partial charge in [0.2, 0.25) is 5.91 Å². The van der Waals surface area contributed by atoms with Gasteiger partial charge in [-0.3, -0.25) is 14.2 Å². The van der Waals surface area contributed by atoms with Gasteiger partial charge in [0.25, 0.3) is 0 Å². The first-order valence-electron chi connectivity index (χ1n) is 7.19. The molecular formula is C14H18N6OS.